The summed E-state index contributed by atoms with van der Waals surface area (Å²) in [5.74, 6) is -0.674. The van der Waals surface area contributed by atoms with Crippen molar-refractivity contribution in [2.45, 2.75) is 39.9 Å². The lowest BCUT2D eigenvalue weighted by Gasteiger charge is -2.25. The molecule has 0 spiro atoms. The lowest BCUT2D eigenvalue weighted by molar-refractivity contribution is -0.157. The molecule has 0 radical (unpaired) electrons. The van der Waals surface area contributed by atoms with Gasteiger partial charge in [-0.25, -0.2) is 9.59 Å². The van der Waals surface area contributed by atoms with E-state index in [-0.39, 0.29) is 18.9 Å². The van der Waals surface area contributed by atoms with Crippen LogP contribution in [0.2, 0.25) is 0 Å². The number of carbonyl (C=O) groups excluding carboxylic acids is 3. The Morgan fingerprint density at radius 1 is 1.21 bits per heavy atom. The molecule has 2 aromatic rings. The van der Waals surface area contributed by atoms with Crippen LogP contribution in [0.15, 0.2) is 24.3 Å². The molecule has 154 valence electrons. The smallest absolute Gasteiger partial charge is 0.351 e. The molecule has 1 aliphatic rings. The number of nitrogens with one attached hydrogen (secondary N) is 1. The Morgan fingerprint density at radius 3 is 2.59 bits per heavy atom. The van der Waals surface area contributed by atoms with E-state index in [4.69, 9.17) is 18.9 Å². The van der Waals surface area contributed by atoms with Gasteiger partial charge in [-0.1, -0.05) is 12.1 Å². The van der Waals surface area contributed by atoms with E-state index in [9.17, 15) is 14.4 Å². The summed E-state index contributed by atoms with van der Waals surface area (Å²) in [6.45, 7) is 6.72. The highest BCUT2D eigenvalue weighted by Crippen LogP contribution is 2.31. The van der Waals surface area contributed by atoms with Gasteiger partial charge in [0, 0.05) is 5.69 Å². The van der Waals surface area contributed by atoms with E-state index < -0.39 is 29.9 Å². The molecule has 3 rings (SSSR count). The second kappa shape index (κ2) is 8.38. The number of aromatic nitrogens is 1. The van der Waals surface area contributed by atoms with E-state index in [0.29, 0.717) is 28.3 Å². The fourth-order valence-electron chi connectivity index (χ4n) is 3.15. The van der Waals surface area contributed by atoms with Crippen molar-refractivity contribution in [1.82, 2.24) is 4.98 Å². The van der Waals surface area contributed by atoms with E-state index in [1.165, 1.54) is 6.92 Å². The zero-order valence-electron chi connectivity index (χ0n) is 16.7. The summed E-state index contributed by atoms with van der Waals surface area (Å²) in [6.07, 6.45) is -2.04. The van der Waals surface area contributed by atoms with E-state index >= 15 is 0 Å². The van der Waals surface area contributed by atoms with Crippen molar-refractivity contribution in [3.05, 3.63) is 46.8 Å². The zero-order valence-corrected chi connectivity index (χ0v) is 16.7. The Hall–Kier alpha value is -3.29. The summed E-state index contributed by atoms with van der Waals surface area (Å²) < 4.78 is 21.4. The first-order chi connectivity index (χ1) is 13.8. The molecule has 8 nitrogen and oxygen atoms in total. The van der Waals surface area contributed by atoms with Gasteiger partial charge in [0.25, 0.3) is 0 Å². The molecule has 2 atom stereocenters. The predicted octanol–water partition coefficient (Wildman–Crippen LogP) is 2.76. The number of hydrogen-bond acceptors (Lipinski definition) is 7. The number of benzene rings is 1. The SMILES string of the molecule is CCOC(=O)c1c(C)[nH]c(C(=O)[C@@H](C)OC(=O)[C@@H]2COc3ccccc3O2)c1C. The molecule has 0 bridgehead atoms. The van der Waals surface area contributed by atoms with Gasteiger partial charge in [-0.05, 0) is 45.4 Å². The monoisotopic (exact) mass is 401 g/mol. The minimum Gasteiger partial charge on any atom is -0.485 e. The Balaban J connectivity index is 1.69. The zero-order chi connectivity index (χ0) is 21.1. The number of para-hydroxylation sites is 2. The Kier molecular flexibility index (Phi) is 5.91. The number of ether oxygens (including phenoxy) is 4. The Labute approximate surface area is 168 Å². The number of ketones is 1. The number of aromatic amines is 1. The molecule has 29 heavy (non-hydrogen) atoms. The fourth-order valence-corrected chi connectivity index (χ4v) is 3.15. The first-order valence-corrected chi connectivity index (χ1v) is 9.33. The predicted molar refractivity (Wildman–Crippen MR) is 102 cm³/mol. The summed E-state index contributed by atoms with van der Waals surface area (Å²) in [4.78, 5) is 40.2. The fraction of sp³-hybridized carbons (Fsp3) is 0.381. The first kappa shape index (κ1) is 20.4. The van der Waals surface area contributed by atoms with Crippen LogP contribution in [-0.4, -0.2) is 48.1 Å². The van der Waals surface area contributed by atoms with Gasteiger partial charge in [-0.15, -0.1) is 0 Å². The molecular weight excluding hydrogens is 378 g/mol. The van der Waals surface area contributed by atoms with E-state index in [1.807, 2.05) is 0 Å². The molecule has 8 heteroatoms. The number of H-pyrrole nitrogens is 1. The van der Waals surface area contributed by atoms with Gasteiger partial charge in [-0.3, -0.25) is 4.79 Å². The average Bonchev–Trinajstić information content (AvgIpc) is 3.01. The highest BCUT2D eigenvalue weighted by molar-refractivity contribution is 6.04. The first-order valence-electron chi connectivity index (χ1n) is 9.33. The summed E-state index contributed by atoms with van der Waals surface area (Å²) >= 11 is 0. The topological polar surface area (TPSA) is 104 Å². The molecule has 0 fully saturated rings. The molecule has 0 amide bonds. The van der Waals surface area contributed by atoms with Crippen LogP contribution in [0.5, 0.6) is 11.5 Å². The van der Waals surface area contributed by atoms with Crippen molar-refractivity contribution in [3.8, 4) is 11.5 Å². The van der Waals surface area contributed by atoms with Gasteiger partial charge in [-0.2, -0.15) is 0 Å². The maximum absolute atomic E-state index is 12.8. The number of fused-ring (bicyclic) bond motifs is 1. The van der Waals surface area contributed by atoms with Gasteiger partial charge >= 0.3 is 11.9 Å². The number of aryl methyl sites for hydroxylation is 1. The van der Waals surface area contributed by atoms with Crippen LogP contribution in [0.4, 0.5) is 0 Å². The third kappa shape index (κ3) is 4.11. The lowest BCUT2D eigenvalue weighted by Crippen LogP contribution is -2.40. The third-order valence-corrected chi connectivity index (χ3v) is 4.60. The second-order valence-corrected chi connectivity index (χ2v) is 6.65. The van der Waals surface area contributed by atoms with Crippen LogP contribution in [0, 0.1) is 13.8 Å². The highest BCUT2D eigenvalue weighted by atomic mass is 16.6. The molecule has 1 N–H and O–H groups in total. The van der Waals surface area contributed by atoms with Gasteiger partial charge in [0.1, 0.15) is 6.61 Å². The molecule has 1 aliphatic heterocycles. The second-order valence-electron chi connectivity index (χ2n) is 6.65. The number of rotatable bonds is 6. The van der Waals surface area contributed by atoms with Crippen LogP contribution in [0.3, 0.4) is 0 Å². The summed E-state index contributed by atoms with van der Waals surface area (Å²) in [5, 5.41) is 0. The average molecular weight is 401 g/mol. The van der Waals surface area contributed by atoms with Crippen molar-refractivity contribution in [2.24, 2.45) is 0 Å². The van der Waals surface area contributed by atoms with Crippen molar-refractivity contribution in [1.29, 1.82) is 0 Å². The van der Waals surface area contributed by atoms with Crippen LogP contribution in [0.1, 0.15) is 46.0 Å². The molecule has 0 aliphatic carbocycles. The quantitative estimate of drug-likeness (QED) is 0.586. The summed E-state index contributed by atoms with van der Waals surface area (Å²) in [7, 11) is 0. The lowest BCUT2D eigenvalue weighted by atomic mass is 10.1. The molecule has 1 aromatic heterocycles. The van der Waals surface area contributed by atoms with E-state index in [0.717, 1.165) is 0 Å². The molecule has 0 saturated heterocycles. The van der Waals surface area contributed by atoms with E-state index in [2.05, 4.69) is 4.98 Å². The molecule has 0 saturated carbocycles. The molecule has 0 unspecified atom stereocenters. The number of esters is 2. The number of carbonyl (C=O) groups is 3. The number of hydrogen-bond donors (Lipinski definition) is 1. The van der Waals surface area contributed by atoms with Gasteiger partial charge in [0.15, 0.2) is 17.6 Å². The standard InChI is InChI=1S/C21H23NO7/c1-5-26-21(25)17-11(2)18(22-12(17)3)19(23)13(4)28-20(24)16-10-27-14-8-6-7-9-15(14)29-16/h6-9,13,16,22H,5,10H2,1-4H3/t13-,16+/m1/s1. The third-order valence-electron chi connectivity index (χ3n) is 4.60. The normalized spacial score (nSPS) is 16.1. The maximum atomic E-state index is 12.8. The summed E-state index contributed by atoms with van der Waals surface area (Å²) in [5.41, 5.74) is 1.50. The minimum absolute atomic E-state index is 0.00952. The highest BCUT2D eigenvalue weighted by Gasteiger charge is 2.33. The Morgan fingerprint density at radius 2 is 1.90 bits per heavy atom. The van der Waals surface area contributed by atoms with Gasteiger partial charge < -0.3 is 23.9 Å². The van der Waals surface area contributed by atoms with E-state index in [1.54, 1.807) is 45.0 Å². The summed E-state index contributed by atoms with van der Waals surface area (Å²) in [6, 6.07) is 6.98. The molecule has 1 aromatic carbocycles. The van der Waals surface area contributed by atoms with Gasteiger partial charge in [0.2, 0.25) is 11.9 Å². The van der Waals surface area contributed by atoms with Crippen LogP contribution in [-0.2, 0) is 14.3 Å². The van der Waals surface area contributed by atoms with Crippen molar-refractivity contribution in [2.75, 3.05) is 13.2 Å². The van der Waals surface area contributed by atoms with Gasteiger partial charge in [0.05, 0.1) is 17.9 Å². The van der Waals surface area contributed by atoms with Crippen LogP contribution in [0.25, 0.3) is 0 Å². The number of Topliss-reactive ketones (excluding diaryl/α,β-unsaturated/α-hetero) is 1. The van der Waals surface area contributed by atoms with Crippen molar-refractivity contribution >= 4 is 17.7 Å². The van der Waals surface area contributed by atoms with Crippen molar-refractivity contribution in [3.63, 3.8) is 0 Å². The minimum atomic E-state index is -1.07. The maximum Gasteiger partial charge on any atom is 0.351 e. The molecular formula is C21H23NO7. The largest absolute Gasteiger partial charge is 0.485 e. The van der Waals surface area contributed by atoms with Crippen LogP contribution >= 0.6 is 0 Å². The molecule has 2 heterocycles. The van der Waals surface area contributed by atoms with Crippen LogP contribution < -0.4 is 9.47 Å². The van der Waals surface area contributed by atoms with Crippen molar-refractivity contribution < 1.29 is 33.3 Å². The Bertz CT molecular complexity index is 947.